The van der Waals surface area contributed by atoms with E-state index in [9.17, 15) is 4.79 Å². The maximum Gasteiger partial charge on any atom is 0.267 e. The van der Waals surface area contributed by atoms with Gasteiger partial charge in [0.25, 0.3) is 5.56 Å². The van der Waals surface area contributed by atoms with E-state index in [0.717, 1.165) is 61.3 Å². The van der Waals surface area contributed by atoms with Crippen molar-refractivity contribution in [1.29, 1.82) is 0 Å². The molecule has 0 spiro atoms. The molecule has 3 aromatic rings. The van der Waals surface area contributed by atoms with Crippen LogP contribution in [-0.2, 0) is 17.7 Å². The Balaban J connectivity index is 1.49. The highest BCUT2D eigenvalue weighted by Crippen LogP contribution is 2.25. The van der Waals surface area contributed by atoms with Crippen LogP contribution < -0.4 is 5.56 Å². The van der Waals surface area contributed by atoms with Crippen molar-refractivity contribution < 1.29 is 9.26 Å². The van der Waals surface area contributed by atoms with Crippen molar-refractivity contribution in [2.45, 2.75) is 46.1 Å². The fraction of sp³-hybridized carbons (Fsp3) is 0.455. The third-order valence-electron chi connectivity index (χ3n) is 5.59. The van der Waals surface area contributed by atoms with Gasteiger partial charge in [-0.05, 0) is 63.1 Å². The van der Waals surface area contributed by atoms with Gasteiger partial charge < -0.3 is 9.26 Å². The molecule has 4 rings (SSSR count). The summed E-state index contributed by atoms with van der Waals surface area (Å²) >= 11 is 0. The summed E-state index contributed by atoms with van der Waals surface area (Å²) in [6.07, 6.45) is 7.73. The third kappa shape index (κ3) is 4.62. The second-order valence-electron chi connectivity index (χ2n) is 7.71. The zero-order valence-electron chi connectivity index (χ0n) is 16.9. The summed E-state index contributed by atoms with van der Waals surface area (Å²) in [5.41, 5.74) is 4.23. The molecule has 1 aliphatic heterocycles. The summed E-state index contributed by atoms with van der Waals surface area (Å²) in [6.45, 7) is 5.80. The molecule has 3 aromatic heterocycles. The summed E-state index contributed by atoms with van der Waals surface area (Å²) in [4.78, 5) is 17.0. The Kier molecular flexibility index (Phi) is 5.85. The lowest BCUT2D eigenvalue weighted by molar-refractivity contribution is 0.0640. The zero-order valence-corrected chi connectivity index (χ0v) is 16.9. The van der Waals surface area contributed by atoms with Gasteiger partial charge in [-0.2, -0.15) is 5.10 Å². The second kappa shape index (κ2) is 8.69. The number of aryl methyl sites for hydroxylation is 3. The maximum atomic E-state index is 12.6. The molecule has 0 unspecified atom stereocenters. The molecule has 4 heterocycles. The Morgan fingerprint density at radius 2 is 2.00 bits per heavy atom. The van der Waals surface area contributed by atoms with E-state index >= 15 is 0 Å². The third-order valence-corrected chi connectivity index (χ3v) is 5.59. The summed E-state index contributed by atoms with van der Waals surface area (Å²) < 4.78 is 12.3. The first kappa shape index (κ1) is 19.5. The van der Waals surface area contributed by atoms with E-state index in [1.54, 1.807) is 18.5 Å². The first-order valence-electron chi connectivity index (χ1n) is 10.1. The summed E-state index contributed by atoms with van der Waals surface area (Å²) in [7, 11) is 0. The Labute approximate surface area is 169 Å². The average Bonchev–Trinajstić information content (AvgIpc) is 3.10. The van der Waals surface area contributed by atoms with E-state index in [2.05, 4.69) is 15.2 Å². The van der Waals surface area contributed by atoms with Crippen LogP contribution in [0.3, 0.4) is 0 Å². The fourth-order valence-corrected chi connectivity index (χ4v) is 3.69. The molecule has 152 valence electrons. The van der Waals surface area contributed by atoms with Crippen LogP contribution in [0.2, 0.25) is 0 Å². The van der Waals surface area contributed by atoms with Crippen LogP contribution in [0.5, 0.6) is 0 Å². The van der Waals surface area contributed by atoms with E-state index in [-0.39, 0.29) is 5.56 Å². The molecule has 0 N–H and O–H groups in total. The number of pyridine rings is 1. The topological polar surface area (TPSA) is 83.0 Å². The van der Waals surface area contributed by atoms with E-state index in [1.807, 2.05) is 26.0 Å². The normalized spacial score (nSPS) is 15.0. The number of hydrogen-bond acceptors (Lipinski definition) is 6. The first-order valence-corrected chi connectivity index (χ1v) is 10.1. The van der Waals surface area contributed by atoms with Crippen LogP contribution in [-0.4, -0.2) is 33.1 Å². The van der Waals surface area contributed by atoms with Gasteiger partial charge >= 0.3 is 0 Å². The van der Waals surface area contributed by atoms with Gasteiger partial charge in [-0.25, -0.2) is 4.68 Å². The average molecular weight is 394 g/mol. The van der Waals surface area contributed by atoms with Gasteiger partial charge in [-0.15, -0.1) is 0 Å². The van der Waals surface area contributed by atoms with Crippen molar-refractivity contribution in [2.75, 3.05) is 13.2 Å². The highest BCUT2D eigenvalue weighted by molar-refractivity contribution is 5.62. The Bertz CT molecular complexity index is 1020. The standard InChI is InChI=1S/C22H26N4O3/c1-15-3-6-19(13-23-15)22-20(16(2)29-25-22)14-26-21(27)11-18(12-24-26)5-4-17-7-9-28-10-8-17/h3,6,11-13,17H,4-5,7-10,14H2,1-2H3. The minimum Gasteiger partial charge on any atom is -0.381 e. The van der Waals surface area contributed by atoms with Gasteiger partial charge in [0.2, 0.25) is 0 Å². The number of hydrogen-bond donors (Lipinski definition) is 0. The predicted octanol–water partition coefficient (Wildman–Crippen LogP) is 3.32. The largest absolute Gasteiger partial charge is 0.381 e. The minimum atomic E-state index is -0.108. The number of nitrogens with zero attached hydrogens (tertiary/aromatic N) is 4. The van der Waals surface area contributed by atoms with Gasteiger partial charge in [-0.1, -0.05) is 5.16 Å². The lowest BCUT2D eigenvalue weighted by Crippen LogP contribution is -2.24. The van der Waals surface area contributed by atoms with Crippen molar-refractivity contribution in [2.24, 2.45) is 5.92 Å². The molecule has 7 nitrogen and oxygen atoms in total. The molecule has 0 saturated carbocycles. The molecule has 0 aliphatic carbocycles. The quantitative estimate of drug-likeness (QED) is 0.638. The number of ether oxygens (including phenoxy) is 1. The molecule has 29 heavy (non-hydrogen) atoms. The van der Waals surface area contributed by atoms with Gasteiger partial charge in [-0.3, -0.25) is 9.78 Å². The Morgan fingerprint density at radius 3 is 2.72 bits per heavy atom. The Hall–Kier alpha value is -2.80. The monoisotopic (exact) mass is 394 g/mol. The van der Waals surface area contributed by atoms with Crippen molar-refractivity contribution in [3.8, 4) is 11.3 Å². The van der Waals surface area contributed by atoms with Crippen LogP contribution >= 0.6 is 0 Å². The molecule has 1 fully saturated rings. The van der Waals surface area contributed by atoms with E-state index in [0.29, 0.717) is 23.9 Å². The van der Waals surface area contributed by atoms with E-state index in [4.69, 9.17) is 9.26 Å². The minimum absolute atomic E-state index is 0.108. The lowest BCUT2D eigenvalue weighted by Gasteiger charge is -2.21. The maximum absolute atomic E-state index is 12.6. The number of rotatable bonds is 6. The van der Waals surface area contributed by atoms with E-state index in [1.165, 1.54) is 4.68 Å². The van der Waals surface area contributed by atoms with Crippen molar-refractivity contribution in [3.63, 3.8) is 0 Å². The summed E-state index contributed by atoms with van der Waals surface area (Å²) in [6, 6.07) is 5.59. The smallest absolute Gasteiger partial charge is 0.267 e. The molecule has 0 amide bonds. The summed E-state index contributed by atoms with van der Waals surface area (Å²) in [5, 5.41) is 8.57. The van der Waals surface area contributed by atoms with Gasteiger partial charge in [0.15, 0.2) is 0 Å². The highest BCUT2D eigenvalue weighted by Gasteiger charge is 2.17. The van der Waals surface area contributed by atoms with Crippen molar-refractivity contribution in [3.05, 3.63) is 63.5 Å². The molecule has 1 saturated heterocycles. The molecule has 0 bridgehead atoms. The van der Waals surface area contributed by atoms with Gasteiger partial charge in [0.05, 0.1) is 12.7 Å². The van der Waals surface area contributed by atoms with Crippen LogP contribution in [0.1, 0.15) is 41.8 Å². The molecule has 0 aromatic carbocycles. The van der Waals surface area contributed by atoms with E-state index < -0.39 is 0 Å². The second-order valence-corrected chi connectivity index (χ2v) is 7.71. The Morgan fingerprint density at radius 1 is 1.17 bits per heavy atom. The SMILES string of the molecule is Cc1ccc(-c2noc(C)c2Cn2ncc(CCC3CCOCC3)cc2=O)cn1. The lowest BCUT2D eigenvalue weighted by atomic mass is 9.93. The van der Waals surface area contributed by atoms with Crippen LogP contribution in [0, 0.1) is 19.8 Å². The van der Waals surface area contributed by atoms with Gasteiger partial charge in [0, 0.05) is 42.3 Å². The van der Waals surface area contributed by atoms with Crippen LogP contribution in [0.25, 0.3) is 11.3 Å². The van der Waals surface area contributed by atoms with Crippen molar-refractivity contribution in [1.82, 2.24) is 19.9 Å². The predicted molar refractivity (Wildman–Crippen MR) is 109 cm³/mol. The van der Waals surface area contributed by atoms with Gasteiger partial charge in [0.1, 0.15) is 11.5 Å². The summed E-state index contributed by atoms with van der Waals surface area (Å²) in [5.74, 6) is 1.36. The van der Waals surface area contributed by atoms with Crippen LogP contribution in [0.15, 0.2) is 39.9 Å². The molecular weight excluding hydrogens is 368 g/mol. The zero-order chi connectivity index (χ0) is 20.2. The molecule has 0 atom stereocenters. The molecular formula is C22H26N4O3. The highest BCUT2D eigenvalue weighted by atomic mass is 16.5. The first-order chi connectivity index (χ1) is 14.1. The fourth-order valence-electron chi connectivity index (χ4n) is 3.69. The number of aromatic nitrogens is 4. The van der Waals surface area contributed by atoms with Crippen LogP contribution in [0.4, 0.5) is 0 Å². The van der Waals surface area contributed by atoms with Crippen molar-refractivity contribution >= 4 is 0 Å². The molecule has 0 radical (unpaired) electrons. The molecule has 7 heteroatoms. The molecule has 1 aliphatic rings.